The van der Waals surface area contributed by atoms with Crippen LogP contribution in [0.15, 0.2) is 12.2 Å². The Morgan fingerprint density at radius 1 is 1.13 bits per heavy atom. The quantitative estimate of drug-likeness (QED) is 0.614. The molecule has 3 atom stereocenters. The number of hydrogen-bond donors (Lipinski definition) is 0. The summed E-state index contributed by atoms with van der Waals surface area (Å²) < 4.78 is 0. The van der Waals surface area contributed by atoms with Crippen molar-refractivity contribution in [3.63, 3.8) is 0 Å². The summed E-state index contributed by atoms with van der Waals surface area (Å²) in [5, 5.41) is 0. The van der Waals surface area contributed by atoms with Crippen molar-refractivity contribution in [3.8, 4) is 0 Å². The number of amides is 2. The minimum Gasteiger partial charge on any atom is -0.272 e. The first kappa shape index (κ1) is 10.4. The van der Waals surface area contributed by atoms with Crippen LogP contribution in [0.4, 0.5) is 0 Å². The first-order valence-corrected chi connectivity index (χ1v) is 5.65. The van der Waals surface area contributed by atoms with E-state index in [1.807, 2.05) is 0 Å². The van der Waals surface area contributed by atoms with E-state index in [0.717, 1.165) is 25.2 Å². The molecule has 0 bridgehead atoms. The fourth-order valence-corrected chi connectivity index (χ4v) is 2.77. The zero-order valence-corrected chi connectivity index (χ0v) is 9.27. The van der Waals surface area contributed by atoms with E-state index in [9.17, 15) is 9.59 Å². The maximum atomic E-state index is 11.5. The number of hydrogen-bond acceptors (Lipinski definition) is 2. The molecule has 0 saturated heterocycles. The van der Waals surface area contributed by atoms with Crippen LogP contribution in [-0.4, -0.2) is 22.8 Å². The molecule has 2 rings (SSSR count). The Bertz CT molecular complexity index is 304. The van der Waals surface area contributed by atoms with E-state index in [1.165, 1.54) is 17.1 Å². The van der Waals surface area contributed by atoms with E-state index in [0.29, 0.717) is 5.92 Å². The highest BCUT2D eigenvalue weighted by Gasteiger charge is 2.36. The summed E-state index contributed by atoms with van der Waals surface area (Å²) in [6, 6.07) is 0.121. The normalized spacial score (nSPS) is 36.4. The average molecular weight is 207 g/mol. The highest BCUT2D eigenvalue weighted by molar-refractivity contribution is 6.13. The molecule has 1 aliphatic heterocycles. The smallest absolute Gasteiger partial charge is 0.253 e. The Hall–Kier alpha value is -1.12. The molecule has 0 N–H and O–H groups in total. The van der Waals surface area contributed by atoms with Crippen molar-refractivity contribution in [1.29, 1.82) is 0 Å². The van der Waals surface area contributed by atoms with Crippen molar-refractivity contribution >= 4 is 11.8 Å². The van der Waals surface area contributed by atoms with Crippen molar-refractivity contribution in [2.24, 2.45) is 11.8 Å². The molecule has 1 fully saturated rings. The molecule has 1 saturated carbocycles. The zero-order chi connectivity index (χ0) is 11.0. The van der Waals surface area contributed by atoms with Crippen LogP contribution in [0.5, 0.6) is 0 Å². The molecule has 1 heterocycles. The van der Waals surface area contributed by atoms with Gasteiger partial charge in [0.2, 0.25) is 0 Å². The molecular weight excluding hydrogens is 190 g/mol. The van der Waals surface area contributed by atoms with Crippen molar-refractivity contribution in [2.75, 3.05) is 0 Å². The van der Waals surface area contributed by atoms with Crippen LogP contribution in [0.2, 0.25) is 0 Å². The summed E-state index contributed by atoms with van der Waals surface area (Å²) in [7, 11) is 0. The second-order valence-corrected chi connectivity index (χ2v) is 4.84. The van der Waals surface area contributed by atoms with Gasteiger partial charge in [-0.1, -0.05) is 13.8 Å². The molecule has 0 spiro atoms. The molecule has 0 aromatic heterocycles. The molecule has 3 heteroatoms. The fraction of sp³-hybridized carbons (Fsp3) is 0.667. The van der Waals surface area contributed by atoms with Crippen LogP contribution in [0.3, 0.4) is 0 Å². The Morgan fingerprint density at radius 2 is 1.73 bits per heavy atom. The van der Waals surface area contributed by atoms with Crippen molar-refractivity contribution in [1.82, 2.24) is 4.90 Å². The van der Waals surface area contributed by atoms with Gasteiger partial charge in [0.15, 0.2) is 0 Å². The molecule has 15 heavy (non-hydrogen) atoms. The van der Waals surface area contributed by atoms with E-state index in [4.69, 9.17) is 0 Å². The molecule has 0 radical (unpaired) electrons. The van der Waals surface area contributed by atoms with Gasteiger partial charge < -0.3 is 0 Å². The predicted octanol–water partition coefficient (Wildman–Crippen LogP) is 1.74. The Labute approximate surface area is 90.1 Å². The second kappa shape index (κ2) is 3.80. The highest BCUT2D eigenvalue weighted by Crippen LogP contribution is 2.33. The van der Waals surface area contributed by atoms with Gasteiger partial charge in [-0.3, -0.25) is 14.5 Å². The summed E-state index contributed by atoms with van der Waals surface area (Å²) in [5.41, 5.74) is 0. The van der Waals surface area contributed by atoms with Gasteiger partial charge in [0, 0.05) is 18.2 Å². The average Bonchev–Trinajstić information content (AvgIpc) is 2.48. The lowest BCUT2D eigenvalue weighted by atomic mass is 9.79. The van der Waals surface area contributed by atoms with Gasteiger partial charge >= 0.3 is 0 Å². The van der Waals surface area contributed by atoms with Gasteiger partial charge in [-0.2, -0.15) is 0 Å². The van der Waals surface area contributed by atoms with Gasteiger partial charge in [-0.05, 0) is 31.1 Å². The lowest BCUT2D eigenvalue weighted by molar-refractivity contribution is -0.141. The largest absolute Gasteiger partial charge is 0.272 e. The van der Waals surface area contributed by atoms with E-state index in [-0.39, 0.29) is 17.9 Å². The lowest BCUT2D eigenvalue weighted by Gasteiger charge is -2.37. The first-order valence-electron chi connectivity index (χ1n) is 5.65. The molecule has 0 aromatic carbocycles. The monoisotopic (exact) mass is 207 g/mol. The van der Waals surface area contributed by atoms with Crippen LogP contribution in [0, 0.1) is 11.8 Å². The number of carbonyl (C=O) groups is 2. The molecule has 2 aliphatic rings. The Kier molecular flexibility index (Phi) is 2.63. The van der Waals surface area contributed by atoms with Crippen LogP contribution in [-0.2, 0) is 9.59 Å². The van der Waals surface area contributed by atoms with E-state index >= 15 is 0 Å². The minimum atomic E-state index is -0.133. The summed E-state index contributed by atoms with van der Waals surface area (Å²) >= 11 is 0. The molecule has 3 unspecified atom stereocenters. The maximum Gasteiger partial charge on any atom is 0.253 e. The Balaban J connectivity index is 2.11. The SMILES string of the molecule is CC1CCC(N2C(=O)C=CC2=O)C(C)C1. The molecule has 3 nitrogen and oxygen atoms in total. The van der Waals surface area contributed by atoms with Crippen LogP contribution in [0.1, 0.15) is 33.1 Å². The third-order valence-electron chi connectivity index (χ3n) is 3.56. The standard InChI is InChI=1S/C12H17NO2/c1-8-3-4-10(9(2)7-8)13-11(14)5-6-12(13)15/h5-6,8-10H,3-4,7H2,1-2H3. The van der Waals surface area contributed by atoms with E-state index in [2.05, 4.69) is 13.8 Å². The molecule has 2 amide bonds. The third kappa shape index (κ3) is 1.83. The number of carbonyl (C=O) groups excluding carboxylic acids is 2. The van der Waals surface area contributed by atoms with Gasteiger partial charge in [-0.25, -0.2) is 0 Å². The summed E-state index contributed by atoms with van der Waals surface area (Å²) in [6.45, 7) is 4.37. The van der Waals surface area contributed by atoms with Crippen molar-refractivity contribution < 1.29 is 9.59 Å². The molecule has 82 valence electrons. The van der Waals surface area contributed by atoms with Crippen LogP contribution >= 0.6 is 0 Å². The van der Waals surface area contributed by atoms with Gasteiger partial charge in [0.25, 0.3) is 11.8 Å². The molecule has 0 aromatic rings. The van der Waals surface area contributed by atoms with E-state index < -0.39 is 0 Å². The minimum absolute atomic E-state index is 0.121. The summed E-state index contributed by atoms with van der Waals surface area (Å²) in [4.78, 5) is 24.5. The predicted molar refractivity (Wildman–Crippen MR) is 57.0 cm³/mol. The molecule has 1 aliphatic carbocycles. The number of imide groups is 1. The first-order chi connectivity index (χ1) is 7.09. The number of rotatable bonds is 1. The second-order valence-electron chi connectivity index (χ2n) is 4.84. The molecular formula is C12H17NO2. The van der Waals surface area contributed by atoms with Gasteiger partial charge in [0.05, 0.1) is 0 Å². The fourth-order valence-electron chi connectivity index (χ4n) is 2.77. The maximum absolute atomic E-state index is 11.5. The van der Waals surface area contributed by atoms with Crippen LogP contribution < -0.4 is 0 Å². The van der Waals surface area contributed by atoms with Gasteiger partial charge in [0.1, 0.15) is 0 Å². The summed E-state index contributed by atoms with van der Waals surface area (Å²) in [5.74, 6) is 0.886. The van der Waals surface area contributed by atoms with E-state index in [1.54, 1.807) is 0 Å². The Morgan fingerprint density at radius 3 is 2.27 bits per heavy atom. The van der Waals surface area contributed by atoms with Gasteiger partial charge in [-0.15, -0.1) is 0 Å². The zero-order valence-electron chi connectivity index (χ0n) is 9.27. The highest BCUT2D eigenvalue weighted by atomic mass is 16.2. The number of nitrogens with zero attached hydrogens (tertiary/aromatic N) is 1. The topological polar surface area (TPSA) is 37.4 Å². The lowest BCUT2D eigenvalue weighted by Crippen LogP contribution is -2.46. The third-order valence-corrected chi connectivity index (χ3v) is 3.56. The van der Waals surface area contributed by atoms with Crippen LogP contribution in [0.25, 0.3) is 0 Å². The summed E-state index contributed by atoms with van der Waals surface area (Å²) in [6.07, 6.45) is 5.95. The van der Waals surface area contributed by atoms with Crippen molar-refractivity contribution in [3.05, 3.63) is 12.2 Å². The van der Waals surface area contributed by atoms with Crippen molar-refractivity contribution in [2.45, 2.75) is 39.2 Å².